The SMILES string of the molecule is COCCN1CCN(C(=O)COc2ccccc2)C2CS(=O)(=O)CC21. The Morgan fingerprint density at radius 3 is 2.60 bits per heavy atom. The van der Waals surface area contributed by atoms with Crippen molar-refractivity contribution < 1.29 is 22.7 Å². The molecule has 2 atom stereocenters. The van der Waals surface area contributed by atoms with E-state index in [1.54, 1.807) is 24.1 Å². The first-order chi connectivity index (χ1) is 12.0. The van der Waals surface area contributed by atoms with Gasteiger partial charge in [-0.15, -0.1) is 0 Å². The summed E-state index contributed by atoms with van der Waals surface area (Å²) in [5.74, 6) is 0.593. The molecule has 138 valence electrons. The van der Waals surface area contributed by atoms with Gasteiger partial charge in [0.05, 0.1) is 24.2 Å². The zero-order chi connectivity index (χ0) is 17.9. The molecule has 2 fully saturated rings. The highest BCUT2D eigenvalue weighted by atomic mass is 32.2. The quantitative estimate of drug-likeness (QED) is 0.705. The standard InChI is InChI=1S/C17H24N2O5S/c1-23-10-9-18-7-8-19(16-13-25(21,22)12-15(16)18)17(20)11-24-14-5-3-2-4-6-14/h2-6,15-16H,7-13H2,1H3. The molecule has 0 aromatic heterocycles. The molecular weight excluding hydrogens is 344 g/mol. The highest BCUT2D eigenvalue weighted by Crippen LogP contribution is 2.27. The van der Waals surface area contributed by atoms with Gasteiger partial charge in [-0.25, -0.2) is 8.42 Å². The number of para-hydroxylation sites is 1. The van der Waals surface area contributed by atoms with E-state index in [0.29, 0.717) is 32.0 Å². The summed E-state index contributed by atoms with van der Waals surface area (Å²) < 4.78 is 34.9. The number of amides is 1. The van der Waals surface area contributed by atoms with Crippen molar-refractivity contribution in [3.8, 4) is 5.75 Å². The smallest absolute Gasteiger partial charge is 0.260 e. The minimum absolute atomic E-state index is 0.0260. The van der Waals surface area contributed by atoms with Crippen LogP contribution in [0.4, 0.5) is 0 Å². The maximum Gasteiger partial charge on any atom is 0.260 e. The summed E-state index contributed by atoms with van der Waals surface area (Å²) in [6.45, 7) is 2.31. The number of carbonyl (C=O) groups is 1. The van der Waals surface area contributed by atoms with Crippen LogP contribution >= 0.6 is 0 Å². The molecule has 0 radical (unpaired) electrons. The highest BCUT2D eigenvalue weighted by Gasteiger charge is 2.47. The van der Waals surface area contributed by atoms with Crippen LogP contribution in [0.15, 0.2) is 30.3 Å². The number of ether oxygens (including phenoxy) is 2. The van der Waals surface area contributed by atoms with Gasteiger partial charge in [-0.1, -0.05) is 18.2 Å². The van der Waals surface area contributed by atoms with E-state index in [4.69, 9.17) is 9.47 Å². The van der Waals surface area contributed by atoms with Crippen LogP contribution in [0.2, 0.25) is 0 Å². The zero-order valence-electron chi connectivity index (χ0n) is 14.3. The van der Waals surface area contributed by atoms with E-state index >= 15 is 0 Å². The molecule has 2 heterocycles. The van der Waals surface area contributed by atoms with Crippen LogP contribution in [-0.4, -0.2) is 87.7 Å². The molecule has 0 spiro atoms. The number of sulfone groups is 1. The first-order valence-electron chi connectivity index (χ1n) is 8.41. The summed E-state index contributed by atoms with van der Waals surface area (Å²) in [6.07, 6.45) is 0. The molecule has 0 aliphatic carbocycles. The Morgan fingerprint density at radius 2 is 1.88 bits per heavy atom. The van der Waals surface area contributed by atoms with E-state index in [0.717, 1.165) is 0 Å². The number of nitrogens with zero attached hydrogens (tertiary/aromatic N) is 2. The lowest BCUT2D eigenvalue weighted by atomic mass is 10.0. The summed E-state index contributed by atoms with van der Waals surface area (Å²) in [5.41, 5.74) is 0. The Balaban J connectivity index is 1.66. The van der Waals surface area contributed by atoms with Gasteiger partial charge in [0, 0.05) is 32.8 Å². The average molecular weight is 368 g/mol. The summed E-state index contributed by atoms with van der Waals surface area (Å²) in [6, 6.07) is 8.68. The van der Waals surface area contributed by atoms with Crippen molar-refractivity contribution in [2.45, 2.75) is 12.1 Å². The second-order valence-corrected chi connectivity index (χ2v) is 8.58. The molecular formula is C17H24N2O5S. The van der Waals surface area contributed by atoms with Gasteiger partial charge in [0.25, 0.3) is 5.91 Å². The largest absolute Gasteiger partial charge is 0.484 e. The molecule has 2 saturated heterocycles. The Morgan fingerprint density at radius 1 is 1.16 bits per heavy atom. The topological polar surface area (TPSA) is 76.2 Å². The molecule has 0 bridgehead atoms. The summed E-state index contributed by atoms with van der Waals surface area (Å²) >= 11 is 0. The molecule has 2 unspecified atom stereocenters. The summed E-state index contributed by atoms with van der Waals surface area (Å²) in [7, 11) is -1.51. The molecule has 7 nitrogen and oxygen atoms in total. The third kappa shape index (κ3) is 4.31. The molecule has 1 amide bonds. The van der Waals surface area contributed by atoms with Crippen LogP contribution < -0.4 is 4.74 Å². The van der Waals surface area contributed by atoms with Crippen LogP contribution in [0.5, 0.6) is 5.75 Å². The maximum atomic E-state index is 12.6. The van der Waals surface area contributed by atoms with E-state index in [-0.39, 0.29) is 36.1 Å². The lowest BCUT2D eigenvalue weighted by molar-refractivity contribution is -0.139. The Labute approximate surface area is 148 Å². The average Bonchev–Trinajstić information content (AvgIpc) is 2.93. The van der Waals surface area contributed by atoms with Gasteiger partial charge in [-0.2, -0.15) is 0 Å². The van der Waals surface area contributed by atoms with Crippen LogP contribution in [-0.2, 0) is 19.4 Å². The van der Waals surface area contributed by atoms with Crippen molar-refractivity contribution in [2.75, 3.05) is 51.5 Å². The van der Waals surface area contributed by atoms with Gasteiger partial charge in [0.2, 0.25) is 0 Å². The van der Waals surface area contributed by atoms with Crippen molar-refractivity contribution in [3.05, 3.63) is 30.3 Å². The predicted molar refractivity (Wildman–Crippen MR) is 93.3 cm³/mol. The van der Waals surface area contributed by atoms with Gasteiger partial charge in [-0.05, 0) is 12.1 Å². The number of hydrogen-bond donors (Lipinski definition) is 0. The first kappa shape index (κ1) is 18.2. The second kappa shape index (κ2) is 7.72. The van der Waals surface area contributed by atoms with Crippen LogP contribution in [0.1, 0.15) is 0 Å². The molecule has 2 aliphatic heterocycles. The fraction of sp³-hybridized carbons (Fsp3) is 0.588. The molecule has 1 aromatic carbocycles. The normalized spacial score (nSPS) is 25.6. The van der Waals surface area contributed by atoms with E-state index < -0.39 is 9.84 Å². The number of carbonyl (C=O) groups excluding carboxylic acids is 1. The third-order valence-electron chi connectivity index (χ3n) is 4.80. The number of methoxy groups -OCH3 is 1. The van der Waals surface area contributed by atoms with Gasteiger partial charge >= 0.3 is 0 Å². The highest BCUT2D eigenvalue weighted by molar-refractivity contribution is 7.91. The molecule has 25 heavy (non-hydrogen) atoms. The molecule has 2 aliphatic rings. The fourth-order valence-electron chi connectivity index (χ4n) is 3.57. The monoisotopic (exact) mass is 368 g/mol. The number of rotatable bonds is 6. The fourth-order valence-corrected chi connectivity index (χ4v) is 5.58. The number of piperazine rings is 1. The number of fused-ring (bicyclic) bond motifs is 1. The number of benzene rings is 1. The van der Waals surface area contributed by atoms with Gasteiger partial charge < -0.3 is 14.4 Å². The van der Waals surface area contributed by atoms with E-state index in [2.05, 4.69) is 4.90 Å². The van der Waals surface area contributed by atoms with E-state index in [1.807, 2.05) is 18.2 Å². The van der Waals surface area contributed by atoms with Crippen LogP contribution in [0.3, 0.4) is 0 Å². The molecule has 1 aromatic rings. The molecule has 0 N–H and O–H groups in total. The zero-order valence-corrected chi connectivity index (χ0v) is 15.2. The van der Waals surface area contributed by atoms with Crippen molar-refractivity contribution in [3.63, 3.8) is 0 Å². The van der Waals surface area contributed by atoms with Gasteiger partial charge in [-0.3, -0.25) is 9.69 Å². The number of hydrogen-bond acceptors (Lipinski definition) is 6. The van der Waals surface area contributed by atoms with E-state index in [9.17, 15) is 13.2 Å². The molecule has 3 rings (SSSR count). The third-order valence-corrected chi connectivity index (χ3v) is 6.50. The van der Waals surface area contributed by atoms with Crippen molar-refractivity contribution in [1.82, 2.24) is 9.80 Å². The van der Waals surface area contributed by atoms with Crippen molar-refractivity contribution in [1.29, 1.82) is 0 Å². The Kier molecular flexibility index (Phi) is 5.61. The Hall–Kier alpha value is -1.64. The van der Waals surface area contributed by atoms with Crippen molar-refractivity contribution >= 4 is 15.7 Å². The van der Waals surface area contributed by atoms with Gasteiger partial charge in [0.15, 0.2) is 16.4 Å². The maximum absolute atomic E-state index is 12.6. The minimum atomic E-state index is -3.14. The molecule has 0 saturated carbocycles. The lowest BCUT2D eigenvalue weighted by Crippen LogP contribution is -2.61. The van der Waals surface area contributed by atoms with Crippen LogP contribution in [0.25, 0.3) is 0 Å². The second-order valence-electron chi connectivity index (χ2n) is 6.43. The summed E-state index contributed by atoms with van der Waals surface area (Å²) in [4.78, 5) is 16.4. The predicted octanol–water partition coefficient (Wildman–Crippen LogP) is 0.0216. The van der Waals surface area contributed by atoms with E-state index in [1.165, 1.54) is 0 Å². The lowest BCUT2D eigenvalue weighted by Gasteiger charge is -2.43. The van der Waals surface area contributed by atoms with Crippen LogP contribution in [0, 0.1) is 0 Å². The van der Waals surface area contributed by atoms with Gasteiger partial charge in [0.1, 0.15) is 5.75 Å². The minimum Gasteiger partial charge on any atom is -0.484 e. The first-order valence-corrected chi connectivity index (χ1v) is 10.2. The summed E-state index contributed by atoms with van der Waals surface area (Å²) in [5, 5.41) is 0. The Bertz CT molecular complexity index is 694. The van der Waals surface area contributed by atoms with Crippen molar-refractivity contribution in [2.24, 2.45) is 0 Å². The molecule has 8 heteroatoms.